The molecule has 0 radical (unpaired) electrons. The van der Waals surface area contributed by atoms with Gasteiger partial charge in [-0.2, -0.15) is 0 Å². The summed E-state index contributed by atoms with van der Waals surface area (Å²) in [6, 6.07) is 0. The van der Waals surface area contributed by atoms with Crippen molar-refractivity contribution in [1.29, 1.82) is 0 Å². The number of hydrogen-bond donors (Lipinski definition) is 0. The summed E-state index contributed by atoms with van der Waals surface area (Å²) in [5.41, 5.74) is 0. The standard InChI is InChI=1S/C9H18O3/c1-7(2)5-9(10)12-8(3)6-11-4/h7-8H,5-6H2,1-4H3. The van der Waals surface area contributed by atoms with Crippen LogP contribution in [0.4, 0.5) is 0 Å². The van der Waals surface area contributed by atoms with Crippen LogP contribution in [0, 0.1) is 5.92 Å². The van der Waals surface area contributed by atoms with Crippen molar-refractivity contribution >= 4 is 5.97 Å². The van der Waals surface area contributed by atoms with Crippen molar-refractivity contribution in [2.45, 2.75) is 33.3 Å². The molecule has 0 N–H and O–H groups in total. The lowest BCUT2D eigenvalue weighted by atomic mass is 10.1. The minimum Gasteiger partial charge on any atom is -0.460 e. The Morgan fingerprint density at radius 2 is 1.92 bits per heavy atom. The van der Waals surface area contributed by atoms with Crippen LogP contribution >= 0.6 is 0 Å². The summed E-state index contributed by atoms with van der Waals surface area (Å²) in [5, 5.41) is 0. The molecule has 0 aromatic rings. The molecule has 12 heavy (non-hydrogen) atoms. The Morgan fingerprint density at radius 1 is 1.33 bits per heavy atom. The molecule has 0 heterocycles. The first-order chi connectivity index (χ1) is 5.56. The third-order valence-electron chi connectivity index (χ3n) is 1.31. The predicted octanol–water partition coefficient (Wildman–Crippen LogP) is 1.61. The van der Waals surface area contributed by atoms with Gasteiger partial charge >= 0.3 is 5.97 Å². The van der Waals surface area contributed by atoms with Gasteiger partial charge in [-0.3, -0.25) is 4.79 Å². The van der Waals surface area contributed by atoms with Gasteiger partial charge in [-0.1, -0.05) is 13.8 Å². The van der Waals surface area contributed by atoms with E-state index in [1.165, 1.54) is 0 Å². The molecule has 0 spiro atoms. The molecule has 0 aromatic heterocycles. The maximum absolute atomic E-state index is 11.1. The predicted molar refractivity (Wildman–Crippen MR) is 46.9 cm³/mol. The molecular formula is C9H18O3. The maximum atomic E-state index is 11.1. The second-order valence-corrected chi connectivity index (χ2v) is 3.35. The maximum Gasteiger partial charge on any atom is 0.306 e. The summed E-state index contributed by atoms with van der Waals surface area (Å²) >= 11 is 0. The molecule has 1 unspecified atom stereocenters. The van der Waals surface area contributed by atoms with Crippen molar-refractivity contribution in [2.75, 3.05) is 13.7 Å². The Kier molecular flexibility index (Phi) is 5.72. The molecule has 0 aliphatic rings. The fourth-order valence-electron chi connectivity index (χ4n) is 0.875. The zero-order chi connectivity index (χ0) is 9.56. The molecule has 0 saturated carbocycles. The van der Waals surface area contributed by atoms with E-state index < -0.39 is 0 Å². The van der Waals surface area contributed by atoms with E-state index in [-0.39, 0.29) is 12.1 Å². The van der Waals surface area contributed by atoms with Gasteiger partial charge in [0, 0.05) is 13.5 Å². The average molecular weight is 174 g/mol. The minimum absolute atomic E-state index is 0.138. The van der Waals surface area contributed by atoms with E-state index in [0.29, 0.717) is 18.9 Å². The largest absolute Gasteiger partial charge is 0.460 e. The molecule has 0 amide bonds. The van der Waals surface area contributed by atoms with Gasteiger partial charge < -0.3 is 9.47 Å². The smallest absolute Gasteiger partial charge is 0.306 e. The van der Waals surface area contributed by atoms with Crippen LogP contribution in [0.2, 0.25) is 0 Å². The first-order valence-corrected chi connectivity index (χ1v) is 4.24. The number of ether oxygens (including phenoxy) is 2. The lowest BCUT2D eigenvalue weighted by Gasteiger charge is -2.12. The van der Waals surface area contributed by atoms with Crippen LogP contribution in [0.25, 0.3) is 0 Å². The number of methoxy groups -OCH3 is 1. The summed E-state index contributed by atoms with van der Waals surface area (Å²) in [7, 11) is 1.59. The highest BCUT2D eigenvalue weighted by molar-refractivity contribution is 5.69. The molecule has 0 aliphatic heterocycles. The van der Waals surface area contributed by atoms with Gasteiger partial charge in [0.25, 0.3) is 0 Å². The fraction of sp³-hybridized carbons (Fsp3) is 0.889. The van der Waals surface area contributed by atoms with Crippen molar-refractivity contribution in [3.05, 3.63) is 0 Å². The van der Waals surface area contributed by atoms with Gasteiger partial charge in [-0.05, 0) is 12.8 Å². The van der Waals surface area contributed by atoms with E-state index in [0.717, 1.165) is 0 Å². The first-order valence-electron chi connectivity index (χ1n) is 4.24. The van der Waals surface area contributed by atoms with Crippen LogP contribution in [0.1, 0.15) is 27.2 Å². The van der Waals surface area contributed by atoms with Crippen molar-refractivity contribution in [1.82, 2.24) is 0 Å². The van der Waals surface area contributed by atoms with Gasteiger partial charge in [0.1, 0.15) is 6.10 Å². The lowest BCUT2D eigenvalue weighted by molar-refractivity contribution is -0.151. The normalized spacial score (nSPS) is 13.1. The van der Waals surface area contributed by atoms with Crippen molar-refractivity contribution < 1.29 is 14.3 Å². The van der Waals surface area contributed by atoms with Gasteiger partial charge in [-0.25, -0.2) is 0 Å². The Labute approximate surface area is 74.0 Å². The van der Waals surface area contributed by atoms with Crippen LogP contribution in [0.5, 0.6) is 0 Å². The lowest BCUT2D eigenvalue weighted by Crippen LogP contribution is -2.20. The summed E-state index contributed by atoms with van der Waals surface area (Å²) in [6.45, 7) is 6.26. The molecule has 1 atom stereocenters. The highest BCUT2D eigenvalue weighted by Crippen LogP contribution is 2.03. The van der Waals surface area contributed by atoms with Crippen LogP contribution in [0.3, 0.4) is 0 Å². The Balaban J connectivity index is 3.54. The molecule has 0 saturated heterocycles. The monoisotopic (exact) mass is 174 g/mol. The summed E-state index contributed by atoms with van der Waals surface area (Å²) in [4.78, 5) is 11.1. The highest BCUT2D eigenvalue weighted by Gasteiger charge is 2.10. The molecule has 0 rings (SSSR count). The quantitative estimate of drug-likeness (QED) is 0.594. The van der Waals surface area contributed by atoms with Gasteiger partial charge in [0.15, 0.2) is 0 Å². The fourth-order valence-corrected chi connectivity index (χ4v) is 0.875. The number of hydrogen-bond acceptors (Lipinski definition) is 3. The van der Waals surface area contributed by atoms with E-state index in [4.69, 9.17) is 9.47 Å². The zero-order valence-corrected chi connectivity index (χ0v) is 8.29. The van der Waals surface area contributed by atoms with Crippen LogP contribution in [0.15, 0.2) is 0 Å². The average Bonchev–Trinajstić information content (AvgIpc) is 1.84. The molecule has 3 nitrogen and oxygen atoms in total. The van der Waals surface area contributed by atoms with E-state index in [9.17, 15) is 4.79 Å². The number of carbonyl (C=O) groups excluding carboxylic acids is 1. The van der Waals surface area contributed by atoms with Crippen molar-refractivity contribution in [3.63, 3.8) is 0 Å². The molecule has 0 fully saturated rings. The van der Waals surface area contributed by atoms with Crippen molar-refractivity contribution in [3.8, 4) is 0 Å². The Hall–Kier alpha value is -0.570. The molecular weight excluding hydrogens is 156 g/mol. The van der Waals surface area contributed by atoms with Crippen LogP contribution in [-0.4, -0.2) is 25.8 Å². The molecule has 0 aromatic carbocycles. The van der Waals surface area contributed by atoms with E-state index in [1.54, 1.807) is 7.11 Å². The number of rotatable bonds is 5. The third-order valence-corrected chi connectivity index (χ3v) is 1.31. The third kappa shape index (κ3) is 6.16. The zero-order valence-electron chi connectivity index (χ0n) is 8.29. The van der Waals surface area contributed by atoms with E-state index in [1.807, 2.05) is 20.8 Å². The van der Waals surface area contributed by atoms with Gasteiger partial charge in [0.05, 0.1) is 6.61 Å². The Bertz CT molecular complexity index is 132. The first kappa shape index (κ1) is 11.4. The summed E-state index contributed by atoms with van der Waals surface area (Å²) in [5.74, 6) is 0.210. The van der Waals surface area contributed by atoms with E-state index >= 15 is 0 Å². The molecule has 0 bridgehead atoms. The topological polar surface area (TPSA) is 35.5 Å². The molecule has 0 aliphatic carbocycles. The number of carbonyl (C=O) groups is 1. The summed E-state index contributed by atoms with van der Waals surface area (Å²) < 4.78 is 9.87. The highest BCUT2D eigenvalue weighted by atomic mass is 16.6. The molecule has 3 heteroatoms. The van der Waals surface area contributed by atoms with Gasteiger partial charge in [-0.15, -0.1) is 0 Å². The number of esters is 1. The molecule has 72 valence electrons. The van der Waals surface area contributed by atoms with Crippen LogP contribution < -0.4 is 0 Å². The SMILES string of the molecule is COCC(C)OC(=O)CC(C)C. The van der Waals surface area contributed by atoms with E-state index in [2.05, 4.69) is 0 Å². The Morgan fingerprint density at radius 3 is 2.33 bits per heavy atom. The second kappa shape index (κ2) is 6.00. The van der Waals surface area contributed by atoms with Crippen LogP contribution in [-0.2, 0) is 14.3 Å². The minimum atomic E-state index is -0.144. The second-order valence-electron chi connectivity index (χ2n) is 3.35. The van der Waals surface area contributed by atoms with Crippen molar-refractivity contribution in [2.24, 2.45) is 5.92 Å². The summed E-state index contributed by atoms with van der Waals surface area (Å²) in [6.07, 6.45) is 0.342. The van der Waals surface area contributed by atoms with Gasteiger partial charge in [0.2, 0.25) is 0 Å².